The van der Waals surface area contributed by atoms with Gasteiger partial charge in [0.2, 0.25) is 5.90 Å². The molecular weight excluding hydrogens is 350 g/mol. The second-order valence-corrected chi connectivity index (χ2v) is 6.50. The zero-order chi connectivity index (χ0) is 14.8. The number of esters is 1. The smallest absolute Gasteiger partial charge is 0.363 e. The van der Waals surface area contributed by atoms with Gasteiger partial charge in [0.25, 0.3) is 0 Å². The Morgan fingerprint density at radius 1 is 1.33 bits per heavy atom. The van der Waals surface area contributed by atoms with E-state index >= 15 is 0 Å². The summed E-state index contributed by atoms with van der Waals surface area (Å²) >= 11 is 5.16. The normalized spacial score (nSPS) is 16.2. The number of cyclic esters (lactones) is 1. The third kappa shape index (κ3) is 2.99. The largest absolute Gasteiger partial charge is 0.402 e. The van der Waals surface area contributed by atoms with Crippen molar-refractivity contribution >= 4 is 45.2 Å². The van der Waals surface area contributed by atoms with Crippen molar-refractivity contribution in [2.45, 2.75) is 13.3 Å². The molecule has 5 heteroatoms. The molecule has 0 aliphatic carbocycles. The molecule has 0 saturated carbocycles. The van der Waals surface area contributed by atoms with Crippen LogP contribution in [0.2, 0.25) is 0 Å². The van der Waals surface area contributed by atoms with Crippen LogP contribution >= 0.6 is 27.3 Å². The summed E-state index contributed by atoms with van der Waals surface area (Å²) in [6, 6.07) is 11.4. The highest BCUT2D eigenvalue weighted by Gasteiger charge is 2.24. The van der Waals surface area contributed by atoms with Gasteiger partial charge in [-0.3, -0.25) is 0 Å². The van der Waals surface area contributed by atoms with E-state index in [9.17, 15) is 4.79 Å². The Balaban J connectivity index is 1.93. The maximum absolute atomic E-state index is 11.9. The second-order valence-electron chi connectivity index (χ2n) is 4.48. The van der Waals surface area contributed by atoms with E-state index in [0.29, 0.717) is 11.6 Å². The first kappa shape index (κ1) is 14.2. The van der Waals surface area contributed by atoms with Gasteiger partial charge in [0.15, 0.2) is 5.70 Å². The lowest BCUT2D eigenvalue weighted by atomic mass is 10.2. The van der Waals surface area contributed by atoms with Gasteiger partial charge in [0.05, 0.1) is 0 Å². The lowest BCUT2D eigenvalue weighted by Gasteiger charge is -1.97. The van der Waals surface area contributed by atoms with Gasteiger partial charge >= 0.3 is 5.97 Å². The Morgan fingerprint density at radius 3 is 2.76 bits per heavy atom. The molecule has 0 bridgehead atoms. The van der Waals surface area contributed by atoms with Gasteiger partial charge in [-0.25, -0.2) is 9.79 Å². The Kier molecular flexibility index (Phi) is 4.03. The monoisotopic (exact) mass is 361 g/mol. The number of hydrogen-bond acceptors (Lipinski definition) is 4. The van der Waals surface area contributed by atoms with E-state index in [1.165, 1.54) is 4.88 Å². The molecule has 0 spiro atoms. The van der Waals surface area contributed by atoms with Gasteiger partial charge in [0, 0.05) is 19.8 Å². The molecule has 1 aliphatic rings. The van der Waals surface area contributed by atoms with Crippen molar-refractivity contribution in [2.24, 2.45) is 4.99 Å². The van der Waals surface area contributed by atoms with Crippen LogP contribution in [0.1, 0.15) is 22.2 Å². The summed E-state index contributed by atoms with van der Waals surface area (Å²) in [5.74, 6) is -0.0467. The van der Waals surface area contributed by atoms with Crippen molar-refractivity contribution in [3.63, 3.8) is 0 Å². The average Bonchev–Trinajstić information content (AvgIpc) is 3.03. The maximum atomic E-state index is 11.9. The van der Waals surface area contributed by atoms with Crippen LogP contribution in [-0.4, -0.2) is 11.9 Å². The Hall–Kier alpha value is -1.72. The van der Waals surface area contributed by atoms with E-state index in [2.05, 4.69) is 27.8 Å². The topological polar surface area (TPSA) is 38.7 Å². The maximum Gasteiger partial charge on any atom is 0.363 e. The molecule has 106 valence electrons. The summed E-state index contributed by atoms with van der Waals surface area (Å²) in [7, 11) is 0. The molecule has 0 fully saturated rings. The van der Waals surface area contributed by atoms with Gasteiger partial charge in [-0.05, 0) is 46.6 Å². The second kappa shape index (κ2) is 5.95. The summed E-state index contributed by atoms with van der Waals surface area (Å²) in [4.78, 5) is 18.4. The van der Waals surface area contributed by atoms with E-state index < -0.39 is 5.97 Å². The summed E-state index contributed by atoms with van der Waals surface area (Å²) in [5.41, 5.74) is 1.14. The van der Waals surface area contributed by atoms with E-state index in [1.807, 2.05) is 36.4 Å². The van der Waals surface area contributed by atoms with Gasteiger partial charge < -0.3 is 4.74 Å². The quantitative estimate of drug-likeness (QED) is 0.599. The van der Waals surface area contributed by atoms with Gasteiger partial charge in [-0.1, -0.05) is 25.1 Å². The first-order valence-corrected chi connectivity index (χ1v) is 8.14. The SMILES string of the molecule is CCc1sc(/C=C2\N=C(c3ccccc3)OC2=O)cc1Br. The molecule has 0 unspecified atom stereocenters. The predicted octanol–water partition coefficient (Wildman–Crippen LogP) is 4.42. The number of aryl methyl sites for hydroxylation is 1. The predicted molar refractivity (Wildman–Crippen MR) is 88.4 cm³/mol. The number of halogens is 1. The van der Waals surface area contributed by atoms with E-state index in [4.69, 9.17) is 4.74 Å². The first-order valence-electron chi connectivity index (χ1n) is 6.53. The average molecular weight is 362 g/mol. The highest BCUT2D eigenvalue weighted by atomic mass is 79.9. The summed E-state index contributed by atoms with van der Waals surface area (Å²) in [5, 5.41) is 0. The molecule has 2 aromatic rings. The van der Waals surface area contributed by atoms with Crippen LogP contribution in [0.4, 0.5) is 0 Å². The van der Waals surface area contributed by atoms with Crippen LogP contribution in [0.3, 0.4) is 0 Å². The number of thiophene rings is 1. The number of ether oxygens (including phenoxy) is 1. The van der Waals surface area contributed by atoms with Crippen LogP contribution in [0.25, 0.3) is 6.08 Å². The zero-order valence-corrected chi connectivity index (χ0v) is 13.7. The van der Waals surface area contributed by atoms with Crippen LogP contribution in [0, 0.1) is 0 Å². The van der Waals surface area contributed by atoms with Crippen molar-refractivity contribution in [1.82, 2.24) is 0 Å². The van der Waals surface area contributed by atoms with Crippen LogP contribution < -0.4 is 0 Å². The van der Waals surface area contributed by atoms with Gasteiger partial charge in [-0.2, -0.15) is 0 Å². The van der Waals surface area contributed by atoms with Crippen LogP contribution in [0.15, 0.2) is 51.6 Å². The molecule has 21 heavy (non-hydrogen) atoms. The summed E-state index contributed by atoms with van der Waals surface area (Å²) in [6.45, 7) is 2.10. The van der Waals surface area contributed by atoms with Crippen molar-refractivity contribution in [2.75, 3.05) is 0 Å². The molecular formula is C16H12BrNO2S. The molecule has 0 radical (unpaired) electrons. The molecule has 0 saturated heterocycles. The molecule has 2 heterocycles. The van der Waals surface area contributed by atoms with Crippen LogP contribution in [-0.2, 0) is 16.0 Å². The number of carbonyl (C=O) groups is 1. The molecule has 1 aromatic heterocycles. The minimum Gasteiger partial charge on any atom is -0.402 e. The molecule has 0 N–H and O–H groups in total. The Labute approximate surface area is 135 Å². The Morgan fingerprint density at radius 2 is 2.10 bits per heavy atom. The fourth-order valence-electron chi connectivity index (χ4n) is 1.99. The third-order valence-electron chi connectivity index (χ3n) is 3.02. The van der Waals surface area contributed by atoms with Gasteiger partial charge in [0.1, 0.15) is 0 Å². The number of aliphatic imine (C=N–C) groups is 1. The molecule has 0 amide bonds. The fraction of sp³-hybridized carbons (Fsp3) is 0.125. The van der Waals surface area contributed by atoms with E-state index in [0.717, 1.165) is 21.3 Å². The number of hydrogen-bond donors (Lipinski definition) is 0. The van der Waals surface area contributed by atoms with E-state index in [-0.39, 0.29) is 0 Å². The highest BCUT2D eigenvalue weighted by Crippen LogP contribution is 2.30. The van der Waals surface area contributed by atoms with Crippen molar-refractivity contribution < 1.29 is 9.53 Å². The number of carbonyl (C=O) groups excluding carboxylic acids is 1. The minimum absolute atomic E-state index is 0.338. The van der Waals surface area contributed by atoms with Crippen molar-refractivity contribution in [1.29, 1.82) is 0 Å². The lowest BCUT2D eigenvalue weighted by Crippen LogP contribution is -2.04. The fourth-order valence-corrected chi connectivity index (χ4v) is 3.84. The zero-order valence-electron chi connectivity index (χ0n) is 11.3. The highest BCUT2D eigenvalue weighted by molar-refractivity contribution is 9.10. The number of benzene rings is 1. The Bertz CT molecular complexity index is 747. The first-order chi connectivity index (χ1) is 10.2. The third-order valence-corrected chi connectivity index (χ3v) is 5.21. The summed E-state index contributed by atoms with van der Waals surface area (Å²) in [6.07, 6.45) is 2.73. The molecule has 3 rings (SSSR count). The number of nitrogens with zero attached hydrogens (tertiary/aromatic N) is 1. The van der Waals surface area contributed by atoms with Gasteiger partial charge in [-0.15, -0.1) is 11.3 Å². The standard InChI is InChI=1S/C16H12BrNO2S/c1-2-14-12(17)8-11(21-14)9-13-16(19)20-15(18-13)10-6-4-3-5-7-10/h3-9H,2H2,1H3/b13-9-. The lowest BCUT2D eigenvalue weighted by molar-refractivity contribution is -0.129. The molecule has 1 aliphatic heterocycles. The molecule has 0 atom stereocenters. The van der Waals surface area contributed by atoms with Crippen LogP contribution in [0.5, 0.6) is 0 Å². The van der Waals surface area contributed by atoms with E-state index in [1.54, 1.807) is 17.4 Å². The minimum atomic E-state index is -0.406. The molecule has 3 nitrogen and oxygen atoms in total. The summed E-state index contributed by atoms with van der Waals surface area (Å²) < 4.78 is 6.30. The molecule has 1 aromatic carbocycles. The van der Waals surface area contributed by atoms with Crippen molar-refractivity contribution in [3.05, 3.63) is 61.9 Å². The van der Waals surface area contributed by atoms with Crippen molar-refractivity contribution in [3.8, 4) is 0 Å². The number of rotatable bonds is 3.